The van der Waals surface area contributed by atoms with Crippen LogP contribution in [-0.4, -0.2) is 0 Å². The Hall–Kier alpha value is -2.44. The molecule has 0 radical (unpaired) electrons. The van der Waals surface area contributed by atoms with Crippen LogP contribution in [0.3, 0.4) is 0 Å². The zero-order chi connectivity index (χ0) is 21.5. The first-order chi connectivity index (χ1) is 15.8. The van der Waals surface area contributed by atoms with Gasteiger partial charge in [0.2, 0.25) is 0 Å². The summed E-state index contributed by atoms with van der Waals surface area (Å²) >= 11 is -2.51. The van der Waals surface area contributed by atoms with Crippen LogP contribution >= 0.6 is 0 Å². The molecule has 0 saturated heterocycles. The predicted octanol–water partition coefficient (Wildman–Crippen LogP) is -1.53. The van der Waals surface area contributed by atoms with E-state index in [2.05, 4.69) is 122 Å². The Morgan fingerprint density at radius 2 is 1.18 bits per heavy atom. The molecule has 0 fully saturated rings. The average molecular weight is 558 g/mol. The zero-order valence-corrected chi connectivity index (χ0v) is 22.6. The van der Waals surface area contributed by atoms with Crippen LogP contribution in [0.2, 0.25) is 0 Å². The number of halogens is 2. The Labute approximate surface area is 220 Å². The van der Waals surface area contributed by atoms with Gasteiger partial charge in [0.15, 0.2) is 0 Å². The minimum Gasteiger partial charge on any atom is -1.00 e. The Bertz CT molecular complexity index is 1560. The third kappa shape index (κ3) is 4.11. The van der Waals surface area contributed by atoms with E-state index in [1.807, 2.05) is 0 Å². The van der Waals surface area contributed by atoms with Crippen molar-refractivity contribution in [3.8, 4) is 0 Å². The van der Waals surface area contributed by atoms with Crippen LogP contribution in [0.4, 0.5) is 0 Å². The van der Waals surface area contributed by atoms with Gasteiger partial charge in [-0.25, -0.2) is 0 Å². The summed E-state index contributed by atoms with van der Waals surface area (Å²) in [6.45, 7) is 4.48. The molecule has 0 spiro atoms. The van der Waals surface area contributed by atoms with Crippen molar-refractivity contribution in [3.05, 3.63) is 147 Å². The largest absolute Gasteiger partial charge is 1.00 e. The molecule has 0 unspecified atom stereocenters. The summed E-state index contributed by atoms with van der Waals surface area (Å²) in [5.41, 5.74) is 4.18. The standard InChI is InChI=1S/C19H13.2C6H5.2ClH.Zr/c1-13-10-11-17-16-9-5-4-8-15(16)12-18(17)19(13)14-6-2-3-7-14;2*1-2-4-6-5-3-1;;;/h2-6,8-11H,1,7H2;2*1-5H;2*1H;/q;;;;;+2/p-2. The third-order valence-electron chi connectivity index (χ3n) is 6.50. The molecule has 0 bridgehead atoms. The molecule has 2 aliphatic carbocycles. The molecule has 3 heteroatoms. The molecule has 0 saturated carbocycles. The van der Waals surface area contributed by atoms with Gasteiger partial charge in [0.1, 0.15) is 0 Å². The van der Waals surface area contributed by atoms with Crippen molar-refractivity contribution in [1.29, 1.82) is 0 Å². The van der Waals surface area contributed by atoms with Crippen LogP contribution in [-0.2, 0) is 21.8 Å². The van der Waals surface area contributed by atoms with Crippen molar-refractivity contribution in [1.82, 2.24) is 0 Å². The first kappa shape index (κ1) is 24.7. The van der Waals surface area contributed by atoms with E-state index in [0.717, 1.165) is 11.6 Å². The van der Waals surface area contributed by atoms with Gasteiger partial charge < -0.3 is 24.8 Å². The predicted molar refractivity (Wildman–Crippen MR) is 132 cm³/mol. The Balaban J connectivity index is 0.00000137. The second-order valence-corrected chi connectivity index (χ2v) is 14.3. The summed E-state index contributed by atoms with van der Waals surface area (Å²) in [5, 5.41) is 5.29. The van der Waals surface area contributed by atoms with Gasteiger partial charge in [-0.15, -0.1) is 0 Å². The molecule has 6 rings (SSSR count). The molecule has 0 atom stereocenters. The van der Waals surface area contributed by atoms with Gasteiger partial charge in [0.25, 0.3) is 0 Å². The quantitative estimate of drug-likeness (QED) is 0.286. The van der Waals surface area contributed by atoms with Gasteiger partial charge >= 0.3 is 197 Å². The van der Waals surface area contributed by atoms with E-state index in [4.69, 9.17) is 0 Å². The van der Waals surface area contributed by atoms with Crippen LogP contribution < -0.4 is 41.8 Å². The summed E-state index contributed by atoms with van der Waals surface area (Å²) < 4.78 is 4.61. The number of allylic oxidation sites excluding steroid dienone is 4. The van der Waals surface area contributed by atoms with E-state index in [1.165, 1.54) is 38.9 Å². The number of benzene rings is 4. The summed E-state index contributed by atoms with van der Waals surface area (Å²) in [5.74, 6) is 0. The minimum atomic E-state index is -2.51. The molecular formula is C31H23Cl2Zr. The van der Waals surface area contributed by atoms with Crippen LogP contribution in [0, 0.1) is 10.4 Å². The smallest absolute Gasteiger partial charge is 1.00 e. The maximum atomic E-state index is 4.48. The molecule has 2 aliphatic rings. The van der Waals surface area contributed by atoms with Crippen molar-refractivity contribution < 1.29 is 46.6 Å². The Morgan fingerprint density at radius 3 is 1.76 bits per heavy atom. The maximum Gasteiger partial charge on any atom is -1.00 e. The van der Waals surface area contributed by atoms with Gasteiger partial charge in [-0.2, -0.15) is 0 Å². The number of fused-ring (bicyclic) bond motifs is 2. The average Bonchev–Trinajstić information content (AvgIpc) is 3.48. The monoisotopic (exact) mass is 555 g/mol. The molecule has 34 heavy (non-hydrogen) atoms. The topological polar surface area (TPSA) is 0 Å². The molecule has 4 aromatic carbocycles. The molecule has 0 N–H and O–H groups in total. The maximum absolute atomic E-state index is 4.48. The zero-order valence-electron chi connectivity index (χ0n) is 18.6. The molecule has 0 aromatic heterocycles. The van der Waals surface area contributed by atoms with Crippen LogP contribution in [0.15, 0.2) is 115 Å². The summed E-state index contributed by atoms with van der Waals surface area (Å²) in [6, 6.07) is 36.0. The first-order valence-corrected chi connectivity index (χ1v) is 14.8. The van der Waals surface area contributed by atoms with Gasteiger partial charge in [0, 0.05) is 0 Å². The Morgan fingerprint density at radius 1 is 0.588 bits per heavy atom. The fraction of sp³-hybridized carbons (Fsp3) is 0.0323. The van der Waals surface area contributed by atoms with Gasteiger partial charge in [-0.05, 0) is 0 Å². The van der Waals surface area contributed by atoms with Crippen molar-refractivity contribution in [2.24, 2.45) is 0 Å². The van der Waals surface area contributed by atoms with E-state index in [0.29, 0.717) is 0 Å². The van der Waals surface area contributed by atoms with Gasteiger partial charge in [-0.3, -0.25) is 0 Å². The second-order valence-electron chi connectivity index (χ2n) is 8.37. The van der Waals surface area contributed by atoms with Gasteiger partial charge in [0.05, 0.1) is 0 Å². The number of hydrogen-bond donors (Lipinski definition) is 0. The molecule has 0 nitrogen and oxygen atoms in total. The first-order valence-electron chi connectivity index (χ1n) is 11.1. The van der Waals surface area contributed by atoms with Crippen LogP contribution in [0.5, 0.6) is 0 Å². The molecular weight excluding hydrogens is 534 g/mol. The van der Waals surface area contributed by atoms with Crippen molar-refractivity contribution in [2.45, 2.75) is 6.42 Å². The van der Waals surface area contributed by atoms with Crippen molar-refractivity contribution >= 4 is 22.0 Å². The molecule has 165 valence electrons. The summed E-state index contributed by atoms with van der Waals surface area (Å²) in [6.07, 6.45) is 7.70. The fourth-order valence-electron chi connectivity index (χ4n) is 5.12. The van der Waals surface area contributed by atoms with Gasteiger partial charge in [-0.1, -0.05) is 0 Å². The van der Waals surface area contributed by atoms with E-state index >= 15 is 0 Å². The fourth-order valence-corrected chi connectivity index (χ4v) is 12.4. The third-order valence-corrected chi connectivity index (χ3v) is 13.5. The van der Waals surface area contributed by atoms with E-state index < -0.39 is 21.8 Å². The van der Waals surface area contributed by atoms with Crippen molar-refractivity contribution in [3.63, 3.8) is 0 Å². The van der Waals surface area contributed by atoms with Crippen LogP contribution in [0.1, 0.15) is 17.5 Å². The van der Waals surface area contributed by atoms with E-state index in [9.17, 15) is 0 Å². The molecule has 4 aromatic rings. The molecule has 0 aliphatic heterocycles. The minimum absolute atomic E-state index is 0. The van der Waals surface area contributed by atoms with Crippen LogP contribution in [0.25, 0.3) is 15.4 Å². The SMILES string of the molecule is C=c1ccc2c(c1C1=CC=CC1)[C]([Zr+2]([c]1ccccc1)[c]1ccccc1)=c1ccccc1=2.[Cl-].[Cl-]. The second kappa shape index (κ2) is 10.4. The summed E-state index contributed by atoms with van der Waals surface area (Å²) in [4.78, 5) is 0. The summed E-state index contributed by atoms with van der Waals surface area (Å²) in [7, 11) is 0. The van der Waals surface area contributed by atoms with E-state index in [1.54, 1.807) is 3.28 Å². The molecule has 0 heterocycles. The molecule has 0 amide bonds. The Kier molecular flexibility index (Phi) is 7.58. The number of rotatable bonds is 4. The van der Waals surface area contributed by atoms with Crippen molar-refractivity contribution in [2.75, 3.05) is 0 Å². The number of hydrogen-bond acceptors (Lipinski definition) is 0. The normalized spacial score (nSPS) is 12.8. The van der Waals surface area contributed by atoms with E-state index in [-0.39, 0.29) is 24.8 Å².